The van der Waals surface area contributed by atoms with E-state index >= 15 is 0 Å². The van der Waals surface area contributed by atoms with Gasteiger partial charge in [0.15, 0.2) is 0 Å². The van der Waals surface area contributed by atoms with Crippen molar-refractivity contribution in [3.05, 3.63) is 87.4 Å². The van der Waals surface area contributed by atoms with Crippen LogP contribution < -0.4 is 4.74 Å². The van der Waals surface area contributed by atoms with Crippen LogP contribution in [0.5, 0.6) is 5.75 Å². The summed E-state index contributed by atoms with van der Waals surface area (Å²) in [5.41, 5.74) is 2.74. The van der Waals surface area contributed by atoms with Crippen molar-refractivity contribution in [3.8, 4) is 5.75 Å². The van der Waals surface area contributed by atoms with Crippen LogP contribution in [0.2, 0.25) is 0 Å². The van der Waals surface area contributed by atoms with E-state index in [1.54, 1.807) is 16.2 Å². The smallest absolute Gasteiger partial charge is 0.254 e. The van der Waals surface area contributed by atoms with E-state index in [9.17, 15) is 14.0 Å². The van der Waals surface area contributed by atoms with Gasteiger partial charge >= 0.3 is 0 Å². The van der Waals surface area contributed by atoms with Crippen LogP contribution in [-0.2, 0) is 11.2 Å². The van der Waals surface area contributed by atoms with Gasteiger partial charge in [0.05, 0.1) is 6.04 Å². The van der Waals surface area contributed by atoms with E-state index in [4.69, 9.17) is 4.74 Å². The first kappa shape index (κ1) is 26.9. The quantitative estimate of drug-likeness (QED) is 0.324. The summed E-state index contributed by atoms with van der Waals surface area (Å²) >= 11 is 1.71. The minimum atomic E-state index is -0.399. The second-order valence-corrected chi connectivity index (χ2v) is 10.9. The molecule has 0 radical (unpaired) electrons. The molecule has 0 aliphatic carbocycles. The molecule has 4 rings (SSSR count). The van der Waals surface area contributed by atoms with E-state index in [0.717, 1.165) is 17.7 Å². The van der Waals surface area contributed by atoms with Gasteiger partial charge in [-0.05, 0) is 84.7 Å². The third kappa shape index (κ3) is 6.21. The summed E-state index contributed by atoms with van der Waals surface area (Å²) in [5.74, 6) is 0.432. The van der Waals surface area contributed by atoms with Crippen molar-refractivity contribution in [1.29, 1.82) is 0 Å². The molecule has 0 saturated carbocycles. The number of fused-ring (bicyclic) bond motifs is 1. The maximum absolute atomic E-state index is 13.7. The molecule has 0 N–H and O–H groups in total. The van der Waals surface area contributed by atoms with Gasteiger partial charge in [-0.3, -0.25) is 9.59 Å². The van der Waals surface area contributed by atoms with Crippen LogP contribution >= 0.6 is 11.3 Å². The summed E-state index contributed by atoms with van der Waals surface area (Å²) in [6.07, 6.45) is 1.49. The predicted molar refractivity (Wildman–Crippen MR) is 146 cm³/mol. The molecule has 2 amide bonds. The molecule has 2 heterocycles. The fourth-order valence-corrected chi connectivity index (χ4v) is 5.57. The number of carbonyl (C=O) groups is 2. The third-order valence-corrected chi connectivity index (χ3v) is 8.15. The van der Waals surface area contributed by atoms with E-state index < -0.39 is 5.82 Å². The van der Waals surface area contributed by atoms with Gasteiger partial charge in [-0.2, -0.15) is 0 Å². The molecule has 37 heavy (non-hydrogen) atoms. The Morgan fingerprint density at radius 3 is 2.43 bits per heavy atom. The summed E-state index contributed by atoms with van der Waals surface area (Å²) in [7, 11) is 0. The van der Waals surface area contributed by atoms with E-state index in [0.29, 0.717) is 31.1 Å². The van der Waals surface area contributed by atoms with Crippen LogP contribution in [0, 0.1) is 5.82 Å². The molecule has 196 valence electrons. The highest BCUT2D eigenvalue weighted by Gasteiger charge is 2.34. The lowest BCUT2D eigenvalue weighted by Crippen LogP contribution is -2.49. The number of carbonyl (C=O) groups excluding carboxylic acids is 2. The lowest BCUT2D eigenvalue weighted by Gasteiger charge is -2.38. The fraction of sp³-hybridized carbons (Fsp3) is 0.400. The first-order valence-corrected chi connectivity index (χ1v) is 13.8. The molecule has 1 aliphatic rings. The van der Waals surface area contributed by atoms with Crippen LogP contribution in [-0.4, -0.2) is 47.4 Å². The average molecular weight is 523 g/mol. The van der Waals surface area contributed by atoms with Gasteiger partial charge in [-0.25, -0.2) is 4.39 Å². The maximum Gasteiger partial charge on any atom is 0.254 e. The zero-order valence-corrected chi connectivity index (χ0v) is 22.8. The van der Waals surface area contributed by atoms with Crippen LogP contribution in [0.4, 0.5) is 4.39 Å². The Labute approximate surface area is 222 Å². The fourth-order valence-electron chi connectivity index (χ4n) is 4.64. The van der Waals surface area contributed by atoms with Crippen molar-refractivity contribution >= 4 is 23.2 Å². The number of amides is 2. The molecule has 0 bridgehead atoms. The van der Waals surface area contributed by atoms with Gasteiger partial charge in [0.25, 0.3) is 5.91 Å². The Bertz CT molecular complexity index is 1210. The third-order valence-electron chi connectivity index (χ3n) is 7.15. The number of ether oxygens (including phenoxy) is 1. The van der Waals surface area contributed by atoms with Crippen molar-refractivity contribution in [2.24, 2.45) is 0 Å². The van der Waals surface area contributed by atoms with Crippen LogP contribution in [0.3, 0.4) is 0 Å². The molecule has 5 nitrogen and oxygen atoms in total. The van der Waals surface area contributed by atoms with Gasteiger partial charge in [0.2, 0.25) is 5.91 Å². The molecule has 1 aliphatic heterocycles. The molecule has 2 unspecified atom stereocenters. The highest BCUT2D eigenvalue weighted by molar-refractivity contribution is 7.10. The molecule has 3 aromatic rings. The van der Waals surface area contributed by atoms with Crippen molar-refractivity contribution in [1.82, 2.24) is 9.80 Å². The summed E-state index contributed by atoms with van der Waals surface area (Å²) in [6, 6.07) is 15.3. The van der Waals surface area contributed by atoms with Crippen LogP contribution in [0.25, 0.3) is 0 Å². The first-order valence-electron chi connectivity index (χ1n) is 12.9. The molecule has 0 spiro atoms. The zero-order valence-electron chi connectivity index (χ0n) is 21.9. The Hall–Kier alpha value is -3.19. The Morgan fingerprint density at radius 1 is 1.08 bits per heavy atom. The Balaban J connectivity index is 1.52. The molecule has 1 aromatic heterocycles. The van der Waals surface area contributed by atoms with Gasteiger partial charge in [-0.1, -0.05) is 32.9 Å². The number of halogens is 1. The van der Waals surface area contributed by atoms with Crippen molar-refractivity contribution in [2.45, 2.75) is 58.5 Å². The van der Waals surface area contributed by atoms with Crippen LogP contribution in [0.15, 0.2) is 60.0 Å². The van der Waals surface area contributed by atoms with Gasteiger partial charge in [0.1, 0.15) is 24.7 Å². The minimum absolute atomic E-state index is 0.0374. The molecule has 0 saturated heterocycles. The topological polar surface area (TPSA) is 49.9 Å². The minimum Gasteiger partial charge on any atom is -0.491 e. The van der Waals surface area contributed by atoms with Gasteiger partial charge in [0, 0.05) is 23.0 Å². The first-order chi connectivity index (χ1) is 17.8. The summed E-state index contributed by atoms with van der Waals surface area (Å²) in [6.45, 7) is 9.11. The monoisotopic (exact) mass is 522 g/mol. The molecule has 7 heteroatoms. The van der Waals surface area contributed by atoms with Gasteiger partial charge < -0.3 is 14.5 Å². The number of rotatable bonds is 9. The predicted octanol–water partition coefficient (Wildman–Crippen LogP) is 6.46. The van der Waals surface area contributed by atoms with E-state index in [1.807, 2.05) is 30.9 Å². The number of nitrogens with zero attached hydrogens (tertiary/aromatic N) is 2. The SMILES string of the molecule is CCC(C)N(CC(=O)N1CCc2sccc2C1COc1ccc(C(C)C)cc1)C(=O)c1ccc(F)cc1. The number of thiophene rings is 1. The summed E-state index contributed by atoms with van der Waals surface area (Å²) in [4.78, 5) is 31.7. The molecule has 2 aromatic carbocycles. The van der Waals surface area contributed by atoms with E-state index in [-0.39, 0.29) is 30.4 Å². The lowest BCUT2D eigenvalue weighted by molar-refractivity contribution is -0.136. The largest absolute Gasteiger partial charge is 0.491 e. The zero-order chi connectivity index (χ0) is 26.5. The second kappa shape index (κ2) is 11.9. The molecular weight excluding hydrogens is 487 g/mol. The van der Waals surface area contributed by atoms with E-state index in [1.165, 1.54) is 34.7 Å². The Morgan fingerprint density at radius 2 is 1.78 bits per heavy atom. The maximum atomic E-state index is 13.7. The van der Waals surface area contributed by atoms with Crippen molar-refractivity contribution in [2.75, 3.05) is 19.7 Å². The number of hydrogen-bond donors (Lipinski definition) is 0. The second-order valence-electron chi connectivity index (χ2n) is 9.88. The summed E-state index contributed by atoms with van der Waals surface area (Å²) in [5, 5.41) is 2.06. The molecule has 2 atom stereocenters. The summed E-state index contributed by atoms with van der Waals surface area (Å²) < 4.78 is 19.6. The van der Waals surface area contributed by atoms with Gasteiger partial charge in [-0.15, -0.1) is 11.3 Å². The highest BCUT2D eigenvalue weighted by Crippen LogP contribution is 2.34. The van der Waals surface area contributed by atoms with Crippen LogP contribution in [0.1, 0.15) is 72.4 Å². The average Bonchev–Trinajstić information content (AvgIpc) is 3.39. The highest BCUT2D eigenvalue weighted by atomic mass is 32.1. The number of benzene rings is 2. The number of hydrogen-bond acceptors (Lipinski definition) is 4. The normalized spacial score (nSPS) is 15.8. The van der Waals surface area contributed by atoms with E-state index in [2.05, 4.69) is 37.4 Å². The molecular formula is C30H35FN2O3S. The lowest BCUT2D eigenvalue weighted by atomic mass is 10.00. The van der Waals surface area contributed by atoms with Crippen molar-refractivity contribution < 1.29 is 18.7 Å². The molecule has 0 fully saturated rings. The standard InChI is InChI=1S/C30H35FN2O3S/c1-5-21(4)33(30(35)23-6-10-24(31)11-7-23)18-29(34)32-16-14-28-26(15-17-37-28)27(32)19-36-25-12-8-22(9-13-25)20(2)3/h6-13,15,17,20-21,27H,5,14,16,18-19H2,1-4H3. The Kier molecular flexibility index (Phi) is 8.64. The van der Waals surface area contributed by atoms with Crippen molar-refractivity contribution in [3.63, 3.8) is 0 Å².